The fourth-order valence-electron chi connectivity index (χ4n) is 2.95. The summed E-state index contributed by atoms with van der Waals surface area (Å²) in [5.74, 6) is 0. The van der Waals surface area contributed by atoms with Gasteiger partial charge in [-0.15, -0.1) is 0 Å². The molecule has 192 valence electrons. The molecule has 4 N–H and O–H groups in total. The van der Waals surface area contributed by atoms with Gasteiger partial charge in [0.1, 0.15) is 0 Å². The lowest BCUT2D eigenvalue weighted by atomic mass is 10.5. The molecule has 0 aromatic rings. The standard InChI is InChI=1S/C12H28O14Si8/c13-5-1-9-29-17-27-19-31-21-32-20-28-18-30(10-2-6-14)23-34(25-32,12-4-8-16)26-33(22-29,24-31)11-3-7-15/h13-16H,1-12H2. The van der Waals surface area contributed by atoms with Crippen LogP contribution in [0.4, 0.5) is 0 Å². The van der Waals surface area contributed by atoms with Crippen LogP contribution in [0.25, 0.3) is 0 Å². The van der Waals surface area contributed by atoms with Crippen molar-refractivity contribution in [1.82, 2.24) is 0 Å². The average Bonchev–Trinajstić information content (AvgIpc) is 2.79. The molecule has 3 saturated heterocycles. The predicted octanol–water partition coefficient (Wildman–Crippen LogP) is -2.38. The smallest absolute Gasteiger partial charge is 0.413 e. The summed E-state index contributed by atoms with van der Waals surface area (Å²) in [4.78, 5) is 0. The highest BCUT2D eigenvalue weighted by Crippen LogP contribution is 2.34. The molecule has 14 nitrogen and oxygen atoms in total. The second-order valence-electron chi connectivity index (χ2n) is 7.11. The summed E-state index contributed by atoms with van der Waals surface area (Å²) in [5, 5.41) is 37.7. The molecular formula is C12H28O14Si8. The van der Waals surface area contributed by atoms with E-state index in [2.05, 4.69) is 0 Å². The molecule has 4 bridgehead atoms. The Bertz CT molecular complexity index is 535. The van der Waals surface area contributed by atoms with Crippen molar-refractivity contribution in [1.29, 1.82) is 0 Å². The summed E-state index contributed by atoms with van der Waals surface area (Å²) in [5.41, 5.74) is 0. The van der Waals surface area contributed by atoms with Crippen LogP contribution in [0.3, 0.4) is 0 Å². The third-order valence-electron chi connectivity index (χ3n) is 4.42. The monoisotopic (exact) mass is 620 g/mol. The van der Waals surface area contributed by atoms with E-state index in [1.165, 1.54) is 0 Å². The minimum Gasteiger partial charge on any atom is -0.413 e. The van der Waals surface area contributed by atoms with E-state index in [0.717, 1.165) is 0 Å². The fourth-order valence-corrected chi connectivity index (χ4v) is 26.3. The van der Waals surface area contributed by atoms with Crippen molar-refractivity contribution in [2.75, 3.05) is 26.4 Å². The highest BCUT2D eigenvalue weighted by Gasteiger charge is 2.62. The van der Waals surface area contributed by atoms with Crippen LogP contribution in [0.2, 0.25) is 24.2 Å². The van der Waals surface area contributed by atoms with Gasteiger partial charge in [0.25, 0.3) is 0 Å². The SMILES string of the molecule is OCCC[Si]1O[Si]O[Si]2O[Si]3O[Si]O[Si](CCCO)O[Si](CCCO)(O3)O[Si](CCCO)(O1)O2. The van der Waals surface area contributed by atoms with E-state index in [4.69, 9.17) is 41.2 Å². The second kappa shape index (κ2) is 15.6. The van der Waals surface area contributed by atoms with Crippen LogP contribution in [-0.2, 0) is 41.2 Å². The van der Waals surface area contributed by atoms with Crippen LogP contribution in [0.5, 0.6) is 0 Å². The lowest BCUT2D eigenvalue weighted by Crippen LogP contribution is -2.69. The van der Waals surface area contributed by atoms with Crippen molar-refractivity contribution in [3.8, 4) is 0 Å². The summed E-state index contributed by atoms with van der Waals surface area (Å²) >= 11 is 0. The van der Waals surface area contributed by atoms with Crippen molar-refractivity contribution >= 4 is 75.2 Å². The molecule has 3 fully saturated rings. The molecule has 2 atom stereocenters. The number of aliphatic hydroxyl groups excluding tert-OH is 4. The van der Waals surface area contributed by atoms with E-state index in [1.54, 1.807) is 0 Å². The van der Waals surface area contributed by atoms with Crippen LogP contribution in [-0.4, -0.2) is 122 Å². The zero-order chi connectivity index (χ0) is 24.3. The first kappa shape index (κ1) is 29.7. The third kappa shape index (κ3) is 9.18. The van der Waals surface area contributed by atoms with Crippen molar-refractivity contribution < 1.29 is 61.6 Å². The summed E-state index contributed by atoms with van der Waals surface area (Å²) in [7, 11) is -16.8. The Labute approximate surface area is 212 Å². The maximum Gasteiger partial charge on any atom is 0.551 e. The van der Waals surface area contributed by atoms with Gasteiger partial charge in [0.15, 0.2) is 0 Å². The molecule has 34 heavy (non-hydrogen) atoms. The van der Waals surface area contributed by atoms with Crippen LogP contribution < -0.4 is 0 Å². The van der Waals surface area contributed by atoms with E-state index in [-0.39, 0.29) is 58.5 Å². The summed E-state index contributed by atoms with van der Waals surface area (Å²) in [6.07, 6.45) is 1.61. The van der Waals surface area contributed by atoms with Gasteiger partial charge in [0, 0.05) is 38.5 Å². The van der Waals surface area contributed by atoms with Gasteiger partial charge >= 0.3 is 75.2 Å². The van der Waals surface area contributed by atoms with E-state index >= 15 is 0 Å². The number of fused-ring (bicyclic) bond motifs is 4. The highest BCUT2D eigenvalue weighted by atomic mass is 28.6. The number of aliphatic hydroxyl groups is 4. The largest absolute Gasteiger partial charge is 0.551 e. The molecule has 3 aliphatic heterocycles. The fraction of sp³-hybridized carbons (Fsp3) is 1.00. The first-order valence-electron chi connectivity index (χ1n) is 10.8. The lowest BCUT2D eigenvalue weighted by Gasteiger charge is -2.45. The Hall–Kier alpha value is 1.18. The van der Waals surface area contributed by atoms with Crippen molar-refractivity contribution in [2.45, 2.75) is 49.9 Å². The molecule has 0 saturated carbocycles. The van der Waals surface area contributed by atoms with Crippen molar-refractivity contribution in [3.63, 3.8) is 0 Å². The maximum atomic E-state index is 9.56. The Balaban J connectivity index is 1.94. The van der Waals surface area contributed by atoms with Crippen LogP contribution in [0.15, 0.2) is 0 Å². The lowest BCUT2D eigenvalue weighted by molar-refractivity contribution is 0.0851. The molecule has 0 spiro atoms. The molecule has 0 aromatic heterocycles. The molecule has 3 rings (SSSR count). The summed E-state index contributed by atoms with van der Waals surface area (Å²) < 4.78 is 61.2. The van der Waals surface area contributed by atoms with Gasteiger partial charge < -0.3 is 61.6 Å². The number of rotatable bonds is 12. The van der Waals surface area contributed by atoms with Crippen LogP contribution in [0, 0.1) is 0 Å². The highest BCUT2D eigenvalue weighted by molar-refractivity contribution is 6.87. The Kier molecular flexibility index (Phi) is 13.6. The van der Waals surface area contributed by atoms with E-state index in [9.17, 15) is 20.4 Å². The molecule has 22 heteroatoms. The van der Waals surface area contributed by atoms with Gasteiger partial charge in [0.05, 0.1) is 0 Å². The quantitative estimate of drug-likeness (QED) is 0.170. The Morgan fingerprint density at radius 1 is 0.559 bits per heavy atom. The van der Waals surface area contributed by atoms with Gasteiger partial charge in [-0.2, -0.15) is 0 Å². The normalized spacial score (nSPS) is 30.7. The topological polar surface area (TPSA) is 173 Å². The molecule has 3 heterocycles. The minimum absolute atomic E-state index is 0.0186. The Morgan fingerprint density at radius 2 is 1.00 bits per heavy atom. The number of hydrogen-bond acceptors (Lipinski definition) is 14. The van der Waals surface area contributed by atoms with E-state index < -0.39 is 55.2 Å². The predicted molar refractivity (Wildman–Crippen MR) is 123 cm³/mol. The van der Waals surface area contributed by atoms with Gasteiger partial charge in [-0.05, 0) is 37.8 Å². The van der Waals surface area contributed by atoms with E-state index in [0.29, 0.717) is 37.8 Å². The van der Waals surface area contributed by atoms with Crippen molar-refractivity contribution in [2.24, 2.45) is 0 Å². The van der Waals surface area contributed by atoms with Gasteiger partial charge in [-0.1, -0.05) is 0 Å². The van der Waals surface area contributed by atoms with Crippen molar-refractivity contribution in [3.05, 3.63) is 0 Å². The minimum atomic E-state index is -3.65. The number of hydrogen-bond donors (Lipinski definition) is 4. The molecule has 2 unspecified atom stereocenters. The zero-order valence-electron chi connectivity index (χ0n) is 18.4. The van der Waals surface area contributed by atoms with Gasteiger partial charge in [-0.3, -0.25) is 0 Å². The second-order valence-corrected chi connectivity index (χ2v) is 22.8. The molecule has 3 aliphatic rings. The molecule has 0 aliphatic carbocycles. The average molecular weight is 621 g/mol. The first-order chi connectivity index (χ1) is 16.6. The van der Waals surface area contributed by atoms with Crippen LogP contribution >= 0.6 is 0 Å². The molecule has 0 aromatic carbocycles. The maximum absolute atomic E-state index is 9.56. The first-order valence-corrected chi connectivity index (χ1v) is 21.8. The molecule has 0 amide bonds. The summed E-state index contributed by atoms with van der Waals surface area (Å²) in [6, 6.07) is 1.44. The molecular weight excluding hydrogens is 593 g/mol. The summed E-state index contributed by atoms with van der Waals surface area (Å²) in [6.45, 7) is -0.266. The molecule has 8 radical (unpaired) electrons. The zero-order valence-corrected chi connectivity index (χ0v) is 26.4. The van der Waals surface area contributed by atoms with E-state index in [1.807, 2.05) is 0 Å². The van der Waals surface area contributed by atoms with Gasteiger partial charge in [-0.25, -0.2) is 0 Å². The Morgan fingerprint density at radius 3 is 1.41 bits per heavy atom. The van der Waals surface area contributed by atoms with Gasteiger partial charge in [0.2, 0.25) is 0 Å². The van der Waals surface area contributed by atoms with Crippen LogP contribution in [0.1, 0.15) is 25.7 Å². The third-order valence-corrected chi connectivity index (χ3v) is 24.3.